The average molecular weight is 416 g/mol. The van der Waals surface area contributed by atoms with Crippen LogP contribution < -0.4 is 10.2 Å². The minimum absolute atomic E-state index is 0.106. The second-order valence-corrected chi connectivity index (χ2v) is 9.06. The van der Waals surface area contributed by atoms with Crippen LogP contribution in [-0.2, 0) is 11.2 Å². The summed E-state index contributed by atoms with van der Waals surface area (Å²) in [5.74, 6) is 0.0428. The van der Waals surface area contributed by atoms with Gasteiger partial charge >= 0.3 is 0 Å². The Kier molecular flexibility index (Phi) is 6.55. The van der Waals surface area contributed by atoms with Gasteiger partial charge in [-0.1, -0.05) is 32.0 Å². The van der Waals surface area contributed by atoms with E-state index in [9.17, 15) is 10.1 Å². The van der Waals surface area contributed by atoms with Crippen molar-refractivity contribution in [1.29, 1.82) is 5.26 Å². The molecule has 0 spiro atoms. The van der Waals surface area contributed by atoms with Gasteiger partial charge in [0.1, 0.15) is 11.6 Å². The highest BCUT2D eigenvalue weighted by molar-refractivity contribution is 6.10. The third-order valence-corrected chi connectivity index (χ3v) is 6.40. The first-order valence-electron chi connectivity index (χ1n) is 11.1. The first-order chi connectivity index (χ1) is 14.7. The Morgan fingerprint density at radius 2 is 2.00 bits per heavy atom. The molecule has 0 radical (unpaired) electrons. The molecule has 162 valence electrons. The molecule has 2 aromatic carbocycles. The van der Waals surface area contributed by atoms with E-state index in [0.717, 1.165) is 41.8 Å². The predicted molar refractivity (Wildman–Crippen MR) is 129 cm³/mol. The van der Waals surface area contributed by atoms with Gasteiger partial charge in [0.2, 0.25) is 0 Å². The Morgan fingerprint density at radius 3 is 2.65 bits per heavy atom. The molecule has 4 heteroatoms. The van der Waals surface area contributed by atoms with Crippen molar-refractivity contribution in [2.45, 2.75) is 65.8 Å². The number of nitrogens with zero attached hydrogens (tertiary/aromatic N) is 2. The van der Waals surface area contributed by atoms with E-state index in [2.05, 4.69) is 56.1 Å². The van der Waals surface area contributed by atoms with Crippen LogP contribution >= 0.6 is 0 Å². The van der Waals surface area contributed by atoms with Crippen LogP contribution in [0.4, 0.5) is 11.4 Å². The Labute approximate surface area is 186 Å². The molecule has 1 aliphatic heterocycles. The lowest BCUT2D eigenvalue weighted by atomic mass is 9.79. The van der Waals surface area contributed by atoms with E-state index < -0.39 is 0 Å². The molecule has 0 bridgehead atoms. The van der Waals surface area contributed by atoms with Crippen molar-refractivity contribution < 1.29 is 4.79 Å². The van der Waals surface area contributed by atoms with E-state index in [1.807, 2.05) is 38.1 Å². The average Bonchev–Trinajstić information content (AvgIpc) is 2.72. The van der Waals surface area contributed by atoms with Crippen LogP contribution in [0.25, 0.3) is 6.08 Å². The van der Waals surface area contributed by atoms with Crippen LogP contribution in [0.15, 0.2) is 42.0 Å². The molecule has 0 saturated heterocycles. The minimum Gasteiger partial charge on any atom is -0.366 e. The molecule has 0 aromatic heterocycles. The monoisotopic (exact) mass is 415 g/mol. The maximum Gasteiger partial charge on any atom is 0.266 e. The van der Waals surface area contributed by atoms with E-state index >= 15 is 0 Å². The van der Waals surface area contributed by atoms with E-state index in [4.69, 9.17) is 0 Å². The zero-order valence-electron chi connectivity index (χ0n) is 19.5. The number of hydrogen-bond acceptors (Lipinski definition) is 3. The topological polar surface area (TPSA) is 56.1 Å². The summed E-state index contributed by atoms with van der Waals surface area (Å²) >= 11 is 0. The molecule has 1 N–H and O–H groups in total. The summed E-state index contributed by atoms with van der Waals surface area (Å²) in [6.45, 7) is 14.1. The number of amides is 1. The maximum absolute atomic E-state index is 12.9. The lowest BCUT2D eigenvalue weighted by Crippen LogP contribution is -2.48. The van der Waals surface area contributed by atoms with Gasteiger partial charge < -0.3 is 10.2 Å². The van der Waals surface area contributed by atoms with Gasteiger partial charge in [-0.25, -0.2) is 0 Å². The molecule has 2 aromatic rings. The van der Waals surface area contributed by atoms with E-state index in [-0.39, 0.29) is 17.0 Å². The number of benzene rings is 2. The van der Waals surface area contributed by atoms with Gasteiger partial charge in [-0.05, 0) is 93.0 Å². The first kappa shape index (κ1) is 22.6. The second kappa shape index (κ2) is 8.98. The van der Waals surface area contributed by atoms with Crippen LogP contribution in [0.2, 0.25) is 0 Å². The zero-order valence-corrected chi connectivity index (χ0v) is 19.5. The van der Waals surface area contributed by atoms with Crippen molar-refractivity contribution in [3.8, 4) is 6.07 Å². The van der Waals surface area contributed by atoms with Crippen molar-refractivity contribution in [2.75, 3.05) is 16.8 Å². The van der Waals surface area contributed by atoms with Crippen LogP contribution in [0, 0.1) is 18.3 Å². The lowest BCUT2D eigenvalue weighted by molar-refractivity contribution is -0.112. The Balaban J connectivity index is 1.98. The number of aryl methyl sites for hydroxylation is 2. The van der Waals surface area contributed by atoms with Crippen molar-refractivity contribution >= 4 is 23.4 Å². The number of rotatable bonds is 5. The van der Waals surface area contributed by atoms with Crippen LogP contribution in [0.5, 0.6) is 0 Å². The van der Waals surface area contributed by atoms with Crippen molar-refractivity contribution in [3.05, 3.63) is 64.2 Å². The summed E-state index contributed by atoms with van der Waals surface area (Å²) in [7, 11) is 0. The fourth-order valence-electron chi connectivity index (χ4n) is 4.85. The zero-order chi connectivity index (χ0) is 22.8. The molecule has 0 aliphatic carbocycles. The fourth-order valence-corrected chi connectivity index (χ4v) is 4.85. The summed E-state index contributed by atoms with van der Waals surface area (Å²) in [5.41, 5.74) is 6.57. The third kappa shape index (κ3) is 4.51. The lowest BCUT2D eigenvalue weighted by Gasteiger charge is -2.47. The molecule has 1 unspecified atom stereocenters. The summed E-state index contributed by atoms with van der Waals surface area (Å²) in [5, 5.41) is 12.6. The fraction of sp³-hybridized carbons (Fsp3) is 0.407. The molecule has 1 aliphatic rings. The number of anilines is 2. The Hall–Kier alpha value is -3.06. The molecular weight excluding hydrogens is 382 g/mol. The Morgan fingerprint density at radius 1 is 1.29 bits per heavy atom. The standard InChI is InChI=1S/C27H33N3O/c1-7-20-11-9-10-12-24(20)29-26(31)22(17-28)14-21-15-23-19(4)16-27(5,6)30(8-2)25(23)13-18(21)3/h9-15,19H,7-8,16H2,1-6H3,(H,29,31)/b22-14-. The highest BCUT2D eigenvalue weighted by Gasteiger charge is 2.35. The molecule has 4 nitrogen and oxygen atoms in total. The quantitative estimate of drug-likeness (QED) is 0.466. The molecule has 1 atom stereocenters. The Bertz CT molecular complexity index is 1060. The van der Waals surface area contributed by atoms with Crippen LogP contribution in [0.1, 0.15) is 69.2 Å². The largest absolute Gasteiger partial charge is 0.366 e. The number of nitrogens with one attached hydrogen (secondary N) is 1. The first-order valence-corrected chi connectivity index (χ1v) is 11.1. The molecule has 31 heavy (non-hydrogen) atoms. The van der Waals surface area contributed by atoms with E-state index in [1.54, 1.807) is 6.08 Å². The number of para-hydroxylation sites is 1. The number of hydrogen-bond donors (Lipinski definition) is 1. The highest BCUT2D eigenvalue weighted by atomic mass is 16.1. The number of fused-ring (bicyclic) bond motifs is 1. The number of carbonyl (C=O) groups excluding carboxylic acids is 1. The SMILES string of the molecule is CCc1ccccc1NC(=O)/C(C#N)=C\c1cc2c(cc1C)N(CC)C(C)(C)CC2C. The molecule has 0 fully saturated rings. The highest BCUT2D eigenvalue weighted by Crippen LogP contribution is 2.44. The second-order valence-electron chi connectivity index (χ2n) is 9.06. The molecule has 3 rings (SSSR count). The van der Waals surface area contributed by atoms with Crippen molar-refractivity contribution in [2.24, 2.45) is 0 Å². The van der Waals surface area contributed by atoms with Crippen LogP contribution in [-0.4, -0.2) is 18.0 Å². The molecule has 1 amide bonds. The van der Waals surface area contributed by atoms with Gasteiger partial charge in [0.15, 0.2) is 0 Å². The van der Waals surface area contributed by atoms with Gasteiger partial charge in [-0.15, -0.1) is 0 Å². The smallest absolute Gasteiger partial charge is 0.266 e. The van der Waals surface area contributed by atoms with Gasteiger partial charge in [-0.3, -0.25) is 4.79 Å². The summed E-state index contributed by atoms with van der Waals surface area (Å²) < 4.78 is 0. The minimum atomic E-state index is -0.370. The summed E-state index contributed by atoms with van der Waals surface area (Å²) in [6.07, 6.45) is 3.61. The van der Waals surface area contributed by atoms with Gasteiger partial charge in [0.05, 0.1) is 0 Å². The van der Waals surface area contributed by atoms with Gasteiger partial charge in [0, 0.05) is 23.5 Å². The summed E-state index contributed by atoms with van der Waals surface area (Å²) in [6, 6.07) is 14.2. The van der Waals surface area contributed by atoms with Crippen molar-refractivity contribution in [3.63, 3.8) is 0 Å². The number of carbonyl (C=O) groups is 1. The molecule has 0 saturated carbocycles. The van der Waals surface area contributed by atoms with E-state index in [0.29, 0.717) is 5.92 Å². The normalized spacial score (nSPS) is 17.6. The van der Waals surface area contributed by atoms with Crippen molar-refractivity contribution in [1.82, 2.24) is 0 Å². The third-order valence-electron chi connectivity index (χ3n) is 6.40. The summed E-state index contributed by atoms with van der Waals surface area (Å²) in [4.78, 5) is 15.3. The van der Waals surface area contributed by atoms with Gasteiger partial charge in [-0.2, -0.15) is 5.26 Å². The predicted octanol–water partition coefficient (Wildman–Crippen LogP) is 6.22. The maximum atomic E-state index is 12.9. The van der Waals surface area contributed by atoms with Crippen LogP contribution in [0.3, 0.4) is 0 Å². The van der Waals surface area contributed by atoms with Gasteiger partial charge in [0.25, 0.3) is 5.91 Å². The van der Waals surface area contributed by atoms with E-state index in [1.165, 1.54) is 11.3 Å². The molecule has 1 heterocycles. The number of nitriles is 1. The molecular formula is C27H33N3O.